The number of aryl methyl sites for hydroxylation is 1. The molecule has 15 heavy (non-hydrogen) atoms. The third kappa shape index (κ3) is 3.44. The average Bonchev–Trinajstić information content (AvgIpc) is 2.16. The Bertz CT molecular complexity index is 334. The zero-order valence-corrected chi connectivity index (χ0v) is 9.58. The second-order valence-electron chi connectivity index (χ2n) is 4.64. The van der Waals surface area contributed by atoms with Gasteiger partial charge in [-0.05, 0) is 30.7 Å². The van der Waals surface area contributed by atoms with E-state index in [1.54, 1.807) is 0 Å². The van der Waals surface area contributed by atoms with Crippen LogP contribution in [0.4, 0.5) is 5.69 Å². The summed E-state index contributed by atoms with van der Waals surface area (Å²) in [5, 5.41) is 9.09. The minimum absolute atomic E-state index is 0.112. The summed E-state index contributed by atoms with van der Waals surface area (Å²) in [5.74, 6) is 0.825. The highest BCUT2D eigenvalue weighted by molar-refractivity contribution is 5.47. The molecule has 0 heterocycles. The first-order chi connectivity index (χ1) is 6.94. The minimum atomic E-state index is -0.214. The molecule has 0 aliphatic rings. The summed E-state index contributed by atoms with van der Waals surface area (Å²) in [6.07, 6.45) is 0. The molecule has 1 aromatic carbocycles. The molecule has 0 saturated carbocycles. The van der Waals surface area contributed by atoms with E-state index in [1.165, 1.54) is 0 Å². The van der Waals surface area contributed by atoms with Crippen molar-refractivity contribution in [2.75, 3.05) is 18.9 Å². The van der Waals surface area contributed by atoms with E-state index in [-0.39, 0.29) is 12.0 Å². The first-order valence-electron chi connectivity index (χ1n) is 5.04. The predicted octanol–water partition coefficient (Wildman–Crippen LogP) is 1.97. The first kappa shape index (κ1) is 11.9. The Morgan fingerprint density at radius 3 is 2.60 bits per heavy atom. The minimum Gasteiger partial charge on any atom is -0.493 e. The number of hydrogen-bond donors (Lipinski definition) is 2. The summed E-state index contributed by atoms with van der Waals surface area (Å²) in [6, 6.07) is 5.55. The van der Waals surface area contributed by atoms with E-state index in [1.807, 2.05) is 39.0 Å². The van der Waals surface area contributed by atoms with E-state index in [0.717, 1.165) is 17.0 Å². The van der Waals surface area contributed by atoms with Crippen LogP contribution >= 0.6 is 0 Å². The van der Waals surface area contributed by atoms with Crippen molar-refractivity contribution in [2.45, 2.75) is 20.8 Å². The van der Waals surface area contributed by atoms with Crippen molar-refractivity contribution < 1.29 is 9.84 Å². The van der Waals surface area contributed by atoms with Crippen molar-refractivity contribution in [3.8, 4) is 5.75 Å². The second-order valence-corrected chi connectivity index (χ2v) is 4.64. The number of rotatable bonds is 4. The van der Waals surface area contributed by atoms with E-state index >= 15 is 0 Å². The van der Waals surface area contributed by atoms with Crippen molar-refractivity contribution in [1.29, 1.82) is 0 Å². The van der Waals surface area contributed by atoms with E-state index in [2.05, 4.69) is 0 Å². The fourth-order valence-corrected chi connectivity index (χ4v) is 1.15. The molecule has 84 valence electrons. The molecule has 0 saturated heterocycles. The highest BCUT2D eigenvalue weighted by Gasteiger charge is 2.17. The van der Waals surface area contributed by atoms with Gasteiger partial charge in [0.05, 0.1) is 13.2 Å². The van der Waals surface area contributed by atoms with Gasteiger partial charge in [-0.25, -0.2) is 0 Å². The summed E-state index contributed by atoms with van der Waals surface area (Å²) < 4.78 is 5.63. The van der Waals surface area contributed by atoms with Crippen LogP contribution in [0, 0.1) is 12.3 Å². The molecular weight excluding hydrogens is 190 g/mol. The molecule has 3 N–H and O–H groups in total. The Morgan fingerprint density at radius 2 is 2.07 bits per heavy atom. The summed E-state index contributed by atoms with van der Waals surface area (Å²) in [6.45, 7) is 6.48. The molecule has 0 amide bonds. The number of anilines is 1. The third-order valence-electron chi connectivity index (χ3n) is 2.25. The largest absolute Gasteiger partial charge is 0.493 e. The first-order valence-corrected chi connectivity index (χ1v) is 5.04. The molecule has 3 heteroatoms. The fraction of sp³-hybridized carbons (Fsp3) is 0.500. The van der Waals surface area contributed by atoms with Gasteiger partial charge in [-0.1, -0.05) is 13.8 Å². The Morgan fingerprint density at radius 1 is 1.40 bits per heavy atom. The topological polar surface area (TPSA) is 55.5 Å². The number of ether oxygens (including phenoxy) is 1. The quantitative estimate of drug-likeness (QED) is 0.745. The standard InChI is InChI=1S/C12H19NO2/c1-9-6-10(13)4-5-11(9)15-8-12(2,3)7-14/h4-6,14H,7-8,13H2,1-3H3. The highest BCUT2D eigenvalue weighted by Crippen LogP contribution is 2.23. The molecule has 0 spiro atoms. The summed E-state index contributed by atoms with van der Waals surface area (Å²) in [7, 11) is 0. The lowest BCUT2D eigenvalue weighted by Gasteiger charge is -2.22. The molecule has 0 aromatic heterocycles. The monoisotopic (exact) mass is 209 g/mol. The lowest BCUT2D eigenvalue weighted by Crippen LogP contribution is -2.25. The van der Waals surface area contributed by atoms with Crippen LogP contribution < -0.4 is 10.5 Å². The predicted molar refractivity (Wildman–Crippen MR) is 62.0 cm³/mol. The molecular formula is C12H19NO2. The van der Waals surface area contributed by atoms with Crippen molar-refractivity contribution >= 4 is 5.69 Å². The van der Waals surface area contributed by atoms with E-state index < -0.39 is 0 Å². The van der Waals surface area contributed by atoms with E-state index in [9.17, 15) is 0 Å². The molecule has 1 aromatic rings. The number of aliphatic hydroxyl groups is 1. The smallest absolute Gasteiger partial charge is 0.122 e. The molecule has 0 aliphatic carbocycles. The molecule has 1 rings (SSSR count). The van der Waals surface area contributed by atoms with Gasteiger partial charge >= 0.3 is 0 Å². The van der Waals surface area contributed by atoms with Crippen molar-refractivity contribution in [1.82, 2.24) is 0 Å². The van der Waals surface area contributed by atoms with Crippen LogP contribution in [0.1, 0.15) is 19.4 Å². The zero-order valence-electron chi connectivity index (χ0n) is 9.58. The van der Waals surface area contributed by atoms with Gasteiger partial charge in [-0.3, -0.25) is 0 Å². The second kappa shape index (κ2) is 4.53. The number of benzene rings is 1. The number of nitrogens with two attached hydrogens (primary N) is 1. The Kier molecular flexibility index (Phi) is 3.58. The van der Waals surface area contributed by atoms with E-state index in [4.69, 9.17) is 15.6 Å². The lowest BCUT2D eigenvalue weighted by molar-refractivity contribution is 0.0972. The lowest BCUT2D eigenvalue weighted by atomic mass is 9.96. The SMILES string of the molecule is Cc1cc(N)ccc1OCC(C)(C)CO. The van der Waals surface area contributed by atoms with Gasteiger partial charge in [-0.15, -0.1) is 0 Å². The van der Waals surface area contributed by atoms with Crippen molar-refractivity contribution in [2.24, 2.45) is 5.41 Å². The van der Waals surface area contributed by atoms with Crippen LogP contribution in [0.25, 0.3) is 0 Å². The highest BCUT2D eigenvalue weighted by atomic mass is 16.5. The molecule has 0 radical (unpaired) electrons. The molecule has 0 unspecified atom stereocenters. The Balaban J connectivity index is 2.66. The van der Waals surface area contributed by atoms with Gasteiger partial charge in [0.15, 0.2) is 0 Å². The van der Waals surface area contributed by atoms with Gasteiger partial charge in [-0.2, -0.15) is 0 Å². The number of nitrogen functional groups attached to an aromatic ring is 1. The maximum atomic E-state index is 9.09. The summed E-state index contributed by atoms with van der Waals surface area (Å²) >= 11 is 0. The molecule has 3 nitrogen and oxygen atoms in total. The Labute approximate surface area is 90.9 Å². The maximum absolute atomic E-state index is 9.09. The summed E-state index contributed by atoms with van der Waals surface area (Å²) in [5.41, 5.74) is 7.18. The van der Waals surface area contributed by atoms with Crippen LogP contribution in [0.5, 0.6) is 5.75 Å². The van der Waals surface area contributed by atoms with Crippen LogP contribution in [0.3, 0.4) is 0 Å². The maximum Gasteiger partial charge on any atom is 0.122 e. The van der Waals surface area contributed by atoms with Crippen LogP contribution in [0.15, 0.2) is 18.2 Å². The zero-order chi connectivity index (χ0) is 11.5. The van der Waals surface area contributed by atoms with Crippen LogP contribution in [-0.2, 0) is 0 Å². The molecule has 0 atom stereocenters. The number of hydrogen-bond acceptors (Lipinski definition) is 3. The number of aliphatic hydroxyl groups excluding tert-OH is 1. The van der Waals surface area contributed by atoms with Crippen molar-refractivity contribution in [3.05, 3.63) is 23.8 Å². The average molecular weight is 209 g/mol. The van der Waals surface area contributed by atoms with Gasteiger partial charge in [0.1, 0.15) is 5.75 Å². The molecule has 0 fully saturated rings. The van der Waals surface area contributed by atoms with Crippen molar-refractivity contribution in [3.63, 3.8) is 0 Å². The normalized spacial score (nSPS) is 11.5. The van der Waals surface area contributed by atoms with Crippen LogP contribution in [-0.4, -0.2) is 18.3 Å². The third-order valence-corrected chi connectivity index (χ3v) is 2.25. The fourth-order valence-electron chi connectivity index (χ4n) is 1.15. The Hall–Kier alpha value is -1.22. The van der Waals surface area contributed by atoms with Gasteiger partial charge in [0.2, 0.25) is 0 Å². The van der Waals surface area contributed by atoms with Crippen LogP contribution in [0.2, 0.25) is 0 Å². The molecule has 0 bridgehead atoms. The van der Waals surface area contributed by atoms with Gasteiger partial charge < -0.3 is 15.6 Å². The van der Waals surface area contributed by atoms with Gasteiger partial charge in [0.25, 0.3) is 0 Å². The van der Waals surface area contributed by atoms with E-state index in [0.29, 0.717) is 6.61 Å². The summed E-state index contributed by atoms with van der Waals surface area (Å²) in [4.78, 5) is 0. The van der Waals surface area contributed by atoms with Gasteiger partial charge in [0, 0.05) is 11.1 Å². The molecule has 0 aliphatic heterocycles.